The molecule has 1 fully saturated rings. The lowest BCUT2D eigenvalue weighted by Crippen LogP contribution is -2.41. The second-order valence-electron chi connectivity index (χ2n) is 9.59. The Kier molecular flexibility index (Phi) is 9.29. The lowest BCUT2D eigenvalue weighted by molar-refractivity contribution is 0.0985. The summed E-state index contributed by atoms with van der Waals surface area (Å²) in [7, 11) is 0.318. The highest BCUT2D eigenvalue weighted by Gasteiger charge is 2.31. The van der Waals surface area contributed by atoms with Crippen molar-refractivity contribution in [1.82, 2.24) is 14.2 Å². The van der Waals surface area contributed by atoms with Gasteiger partial charge in [-0.15, -0.1) is 11.8 Å². The van der Waals surface area contributed by atoms with Crippen LogP contribution in [0, 0.1) is 0 Å². The lowest BCUT2D eigenvalue weighted by atomic mass is 9.95. The molecule has 1 heterocycles. The summed E-state index contributed by atoms with van der Waals surface area (Å²) in [4.78, 5) is 23.6. The Labute approximate surface area is 228 Å². The van der Waals surface area contributed by atoms with Crippen LogP contribution in [0.2, 0.25) is 0 Å². The Morgan fingerprint density at radius 3 is 2.38 bits per heavy atom. The number of nitrogens with zero attached hydrogens (tertiary/aromatic N) is 4. The quantitative estimate of drug-likeness (QED) is 0.302. The van der Waals surface area contributed by atoms with Crippen molar-refractivity contribution in [1.29, 1.82) is 0 Å². The number of hydrogen-bond donors (Lipinski definition) is 0. The molecule has 4 rings (SSSR count). The number of fused-ring (bicyclic) bond motifs is 1. The average Bonchev–Trinajstić information content (AvgIpc) is 3.33. The summed E-state index contributed by atoms with van der Waals surface area (Å²) in [6.07, 6.45) is 7.14. The highest BCUT2D eigenvalue weighted by Crippen LogP contribution is 2.35. The third-order valence-electron chi connectivity index (χ3n) is 6.84. The summed E-state index contributed by atoms with van der Waals surface area (Å²) in [5, 5.41) is 0.648. The van der Waals surface area contributed by atoms with Gasteiger partial charge in [-0.2, -0.15) is 4.31 Å². The number of thiazole rings is 1. The molecular formula is C27H36N4O3S3. The van der Waals surface area contributed by atoms with Gasteiger partial charge in [0.25, 0.3) is 5.91 Å². The fraction of sp³-hybridized carbons (Fsp3) is 0.481. The Morgan fingerprint density at radius 1 is 1.05 bits per heavy atom. The maximum atomic E-state index is 13.7. The van der Waals surface area contributed by atoms with E-state index in [4.69, 9.17) is 4.98 Å². The standard InChI is InChI=1S/C27H36N4O3S3/c1-5-31(21-10-7-6-8-11-21)37(33,34)22-16-14-20(15-17-22)26(32)30(19-18-29(2)3)27-28-25-23(35-4)12-9-13-24(25)36-27/h9,12-17,21H,5-8,10-11,18-19H2,1-4H3. The van der Waals surface area contributed by atoms with Crippen molar-refractivity contribution in [3.63, 3.8) is 0 Å². The minimum Gasteiger partial charge on any atom is -0.308 e. The molecule has 10 heteroatoms. The van der Waals surface area contributed by atoms with Crippen molar-refractivity contribution in [2.24, 2.45) is 0 Å². The maximum Gasteiger partial charge on any atom is 0.260 e. The van der Waals surface area contributed by atoms with E-state index in [-0.39, 0.29) is 16.8 Å². The van der Waals surface area contributed by atoms with E-state index in [1.54, 1.807) is 45.2 Å². The zero-order chi connectivity index (χ0) is 26.6. The molecule has 1 amide bonds. The van der Waals surface area contributed by atoms with Crippen LogP contribution in [0.3, 0.4) is 0 Å². The molecule has 0 saturated heterocycles. The number of anilines is 1. The molecule has 0 bridgehead atoms. The predicted octanol–water partition coefficient (Wildman–Crippen LogP) is 5.57. The summed E-state index contributed by atoms with van der Waals surface area (Å²) in [6.45, 7) is 3.50. The van der Waals surface area contributed by atoms with E-state index in [1.807, 2.05) is 50.4 Å². The molecular weight excluding hydrogens is 525 g/mol. The topological polar surface area (TPSA) is 73.8 Å². The first-order valence-electron chi connectivity index (χ1n) is 12.8. The van der Waals surface area contributed by atoms with E-state index in [0.29, 0.717) is 30.3 Å². The van der Waals surface area contributed by atoms with E-state index >= 15 is 0 Å². The Morgan fingerprint density at radius 2 is 1.76 bits per heavy atom. The van der Waals surface area contributed by atoms with E-state index in [0.717, 1.165) is 40.8 Å². The highest BCUT2D eigenvalue weighted by molar-refractivity contribution is 7.98. The summed E-state index contributed by atoms with van der Waals surface area (Å²) in [5.41, 5.74) is 1.35. The minimum absolute atomic E-state index is 0.0526. The van der Waals surface area contributed by atoms with E-state index in [1.165, 1.54) is 17.8 Å². The largest absolute Gasteiger partial charge is 0.308 e. The van der Waals surface area contributed by atoms with Gasteiger partial charge in [0.15, 0.2) is 5.13 Å². The summed E-state index contributed by atoms with van der Waals surface area (Å²) >= 11 is 3.14. The zero-order valence-electron chi connectivity index (χ0n) is 22.0. The van der Waals surface area contributed by atoms with Gasteiger partial charge in [0.1, 0.15) is 0 Å². The first kappa shape index (κ1) is 28.0. The van der Waals surface area contributed by atoms with Crippen LogP contribution in [-0.2, 0) is 10.0 Å². The van der Waals surface area contributed by atoms with Crippen LogP contribution in [0.1, 0.15) is 49.4 Å². The van der Waals surface area contributed by atoms with E-state index in [2.05, 4.69) is 0 Å². The minimum atomic E-state index is -3.62. The first-order chi connectivity index (χ1) is 17.8. The fourth-order valence-electron chi connectivity index (χ4n) is 4.83. The first-order valence-corrected chi connectivity index (χ1v) is 16.3. The molecule has 200 valence electrons. The zero-order valence-corrected chi connectivity index (χ0v) is 24.5. The number of likely N-dealkylation sites (N-methyl/N-ethyl adjacent to an activating group) is 1. The van der Waals surface area contributed by atoms with Crippen LogP contribution >= 0.6 is 23.1 Å². The lowest BCUT2D eigenvalue weighted by Gasteiger charge is -2.32. The number of amides is 1. The summed E-state index contributed by atoms with van der Waals surface area (Å²) < 4.78 is 29.6. The molecule has 2 aromatic carbocycles. The number of para-hydroxylation sites is 1. The van der Waals surface area contributed by atoms with Gasteiger partial charge in [0, 0.05) is 36.1 Å². The Bertz CT molecular complexity index is 1320. The molecule has 3 aromatic rings. The maximum absolute atomic E-state index is 13.7. The molecule has 1 aliphatic carbocycles. The van der Waals surface area contributed by atoms with Gasteiger partial charge in [-0.1, -0.05) is 43.6 Å². The van der Waals surface area contributed by atoms with Crippen molar-refractivity contribution < 1.29 is 13.2 Å². The van der Waals surface area contributed by atoms with Gasteiger partial charge in [0.05, 0.1) is 15.1 Å². The van der Waals surface area contributed by atoms with Gasteiger partial charge >= 0.3 is 0 Å². The van der Waals surface area contributed by atoms with Crippen LogP contribution < -0.4 is 4.90 Å². The van der Waals surface area contributed by atoms with E-state index in [9.17, 15) is 13.2 Å². The summed E-state index contributed by atoms with van der Waals surface area (Å²) in [5.74, 6) is -0.185. The molecule has 0 atom stereocenters. The normalized spacial score (nSPS) is 15.1. The van der Waals surface area contributed by atoms with Crippen LogP contribution in [0.4, 0.5) is 5.13 Å². The monoisotopic (exact) mass is 560 g/mol. The van der Waals surface area contributed by atoms with Gasteiger partial charge in [-0.25, -0.2) is 13.4 Å². The SMILES string of the molecule is CCN(C1CCCCC1)S(=O)(=O)c1ccc(C(=O)N(CCN(C)C)c2nc3c(SC)cccc3s2)cc1. The highest BCUT2D eigenvalue weighted by atomic mass is 32.2. The van der Waals surface area contributed by atoms with Crippen LogP contribution in [0.5, 0.6) is 0 Å². The van der Waals surface area contributed by atoms with Crippen LogP contribution in [-0.4, -0.2) is 74.5 Å². The summed E-state index contributed by atoms with van der Waals surface area (Å²) in [6, 6.07) is 12.5. The molecule has 1 aromatic heterocycles. The fourth-order valence-corrected chi connectivity index (χ4v) is 8.17. The van der Waals surface area contributed by atoms with Crippen molar-refractivity contribution >= 4 is 54.4 Å². The molecule has 0 N–H and O–H groups in total. The number of carbonyl (C=O) groups excluding carboxylic acids is 1. The van der Waals surface area contributed by atoms with Crippen LogP contribution in [0.15, 0.2) is 52.3 Å². The molecule has 7 nitrogen and oxygen atoms in total. The van der Waals surface area contributed by atoms with Crippen molar-refractivity contribution in [3.8, 4) is 0 Å². The third-order valence-corrected chi connectivity index (χ3v) is 10.7. The molecule has 0 spiro atoms. The third kappa shape index (κ3) is 6.20. The van der Waals surface area contributed by atoms with Crippen molar-refractivity contribution in [3.05, 3.63) is 48.0 Å². The predicted molar refractivity (Wildman–Crippen MR) is 155 cm³/mol. The number of carbonyl (C=O) groups is 1. The molecule has 0 unspecified atom stereocenters. The molecule has 1 saturated carbocycles. The number of thioether (sulfide) groups is 1. The number of hydrogen-bond acceptors (Lipinski definition) is 7. The van der Waals surface area contributed by atoms with E-state index < -0.39 is 10.0 Å². The van der Waals surface area contributed by atoms with Gasteiger partial charge in [-0.05, 0) is 69.6 Å². The Balaban J connectivity index is 1.62. The van der Waals surface area contributed by atoms with Crippen molar-refractivity contribution in [2.45, 2.75) is 54.9 Å². The van der Waals surface area contributed by atoms with Crippen LogP contribution in [0.25, 0.3) is 10.2 Å². The van der Waals surface area contributed by atoms with Gasteiger partial charge in [0.2, 0.25) is 10.0 Å². The second-order valence-corrected chi connectivity index (χ2v) is 13.3. The second kappa shape index (κ2) is 12.3. The number of benzene rings is 2. The van der Waals surface area contributed by atoms with Gasteiger partial charge in [-0.3, -0.25) is 9.69 Å². The number of aromatic nitrogens is 1. The van der Waals surface area contributed by atoms with Gasteiger partial charge < -0.3 is 4.90 Å². The average molecular weight is 561 g/mol. The number of sulfonamides is 1. The number of rotatable bonds is 10. The molecule has 0 aliphatic heterocycles. The Hall–Kier alpha value is -1.98. The molecule has 37 heavy (non-hydrogen) atoms. The molecule has 1 aliphatic rings. The van der Waals surface area contributed by atoms with Crippen molar-refractivity contribution in [2.75, 3.05) is 44.9 Å². The smallest absolute Gasteiger partial charge is 0.260 e. The molecule has 0 radical (unpaired) electrons.